The Morgan fingerprint density at radius 3 is 1.79 bits per heavy atom. The largest absolute Gasteiger partial charge is 0.388 e. The van der Waals surface area contributed by atoms with Crippen molar-refractivity contribution >= 4 is 21.6 Å². The third-order valence-electron chi connectivity index (χ3n) is 3.22. The van der Waals surface area contributed by atoms with Crippen molar-refractivity contribution < 1.29 is 0 Å². The zero-order valence-corrected chi connectivity index (χ0v) is 13.1. The third-order valence-corrected chi connectivity index (χ3v) is 3.75. The summed E-state index contributed by atoms with van der Waals surface area (Å²) in [4.78, 5) is 2.23. The highest BCUT2D eigenvalue weighted by molar-refractivity contribution is 9.10. The summed E-state index contributed by atoms with van der Waals surface area (Å²) in [6.07, 6.45) is 0. The van der Waals surface area contributed by atoms with Crippen molar-refractivity contribution in [2.24, 2.45) is 0 Å². The van der Waals surface area contributed by atoms with Crippen LogP contribution in [0.3, 0.4) is 0 Å². The molecule has 1 unspecified atom stereocenters. The first-order chi connectivity index (χ1) is 9.11. The van der Waals surface area contributed by atoms with E-state index in [1.54, 1.807) is 0 Å². The lowest BCUT2D eigenvalue weighted by atomic mass is 9.97. The number of hydrogen-bond acceptors (Lipinski definition) is 2. The first kappa shape index (κ1) is 14.1. The Balaban J connectivity index is 2.36. The van der Waals surface area contributed by atoms with Crippen LogP contribution in [0, 0.1) is 0 Å². The van der Waals surface area contributed by atoms with Gasteiger partial charge in [-0.1, -0.05) is 40.2 Å². The molecule has 0 bridgehead atoms. The summed E-state index contributed by atoms with van der Waals surface area (Å²) in [6, 6.07) is 17.4. The Labute approximate surface area is 123 Å². The van der Waals surface area contributed by atoms with E-state index in [1.807, 2.05) is 7.05 Å². The highest BCUT2D eigenvalue weighted by atomic mass is 79.9. The van der Waals surface area contributed by atoms with E-state index in [0.717, 1.165) is 10.2 Å². The van der Waals surface area contributed by atoms with E-state index in [-0.39, 0.29) is 6.04 Å². The highest BCUT2D eigenvalue weighted by Gasteiger charge is 2.16. The standard InChI is InChI=1S/C16H19BrN2/c1-18-15-10-6-13(7-11-15)16(19(2)3)12-4-8-14(17)9-5-12/h4-11,16,18H,1-3H3. The monoisotopic (exact) mass is 318 g/mol. The maximum atomic E-state index is 3.48. The van der Waals surface area contributed by atoms with E-state index < -0.39 is 0 Å². The first-order valence-electron chi connectivity index (χ1n) is 6.31. The van der Waals surface area contributed by atoms with Gasteiger partial charge in [0.2, 0.25) is 0 Å². The molecule has 0 saturated heterocycles. The number of hydrogen-bond donors (Lipinski definition) is 1. The third kappa shape index (κ3) is 3.37. The number of benzene rings is 2. The van der Waals surface area contributed by atoms with Crippen LogP contribution >= 0.6 is 15.9 Å². The molecule has 0 aromatic heterocycles. The summed E-state index contributed by atoms with van der Waals surface area (Å²) in [5, 5.41) is 3.15. The molecule has 0 aliphatic rings. The van der Waals surface area contributed by atoms with Crippen molar-refractivity contribution in [2.45, 2.75) is 6.04 Å². The Hall–Kier alpha value is -1.32. The summed E-state index contributed by atoms with van der Waals surface area (Å²) in [5.41, 5.74) is 3.73. The van der Waals surface area contributed by atoms with E-state index in [0.29, 0.717) is 0 Å². The van der Waals surface area contributed by atoms with Gasteiger partial charge in [0.05, 0.1) is 6.04 Å². The summed E-state index contributed by atoms with van der Waals surface area (Å²) in [6.45, 7) is 0. The fourth-order valence-electron chi connectivity index (χ4n) is 2.27. The smallest absolute Gasteiger partial charge is 0.0596 e. The van der Waals surface area contributed by atoms with E-state index in [1.165, 1.54) is 11.1 Å². The predicted molar refractivity (Wildman–Crippen MR) is 85.7 cm³/mol. The molecule has 0 heterocycles. The minimum absolute atomic E-state index is 0.277. The molecule has 2 aromatic carbocycles. The van der Waals surface area contributed by atoms with Crippen LogP contribution in [-0.2, 0) is 0 Å². The van der Waals surface area contributed by atoms with Gasteiger partial charge < -0.3 is 5.32 Å². The number of rotatable bonds is 4. The molecule has 0 saturated carbocycles. The van der Waals surface area contributed by atoms with Crippen molar-refractivity contribution in [1.29, 1.82) is 0 Å². The van der Waals surface area contributed by atoms with Gasteiger partial charge >= 0.3 is 0 Å². The van der Waals surface area contributed by atoms with Gasteiger partial charge in [-0.15, -0.1) is 0 Å². The zero-order valence-electron chi connectivity index (χ0n) is 11.5. The van der Waals surface area contributed by atoms with Crippen LogP contribution < -0.4 is 5.32 Å². The van der Waals surface area contributed by atoms with E-state index in [9.17, 15) is 0 Å². The number of anilines is 1. The van der Waals surface area contributed by atoms with Gasteiger partial charge in [0, 0.05) is 17.2 Å². The molecule has 0 radical (unpaired) electrons. The van der Waals surface area contributed by atoms with Crippen molar-refractivity contribution in [2.75, 3.05) is 26.5 Å². The van der Waals surface area contributed by atoms with Gasteiger partial charge in [-0.2, -0.15) is 0 Å². The van der Waals surface area contributed by atoms with Crippen LogP contribution in [0.1, 0.15) is 17.2 Å². The molecule has 0 spiro atoms. The topological polar surface area (TPSA) is 15.3 Å². The van der Waals surface area contributed by atoms with Crippen LogP contribution in [0.2, 0.25) is 0 Å². The lowest BCUT2D eigenvalue weighted by molar-refractivity contribution is 0.342. The van der Waals surface area contributed by atoms with Crippen LogP contribution in [0.25, 0.3) is 0 Å². The molecule has 2 aromatic rings. The average Bonchev–Trinajstić information content (AvgIpc) is 2.42. The van der Waals surface area contributed by atoms with Crippen LogP contribution in [0.4, 0.5) is 5.69 Å². The van der Waals surface area contributed by atoms with Gasteiger partial charge in [0.25, 0.3) is 0 Å². The molecule has 0 fully saturated rings. The number of nitrogens with one attached hydrogen (secondary N) is 1. The molecule has 0 aliphatic carbocycles. The Morgan fingerprint density at radius 2 is 1.37 bits per heavy atom. The summed E-state index contributed by atoms with van der Waals surface area (Å²) < 4.78 is 1.11. The van der Waals surface area contributed by atoms with Crippen LogP contribution in [0.5, 0.6) is 0 Å². The number of nitrogens with zero attached hydrogens (tertiary/aromatic N) is 1. The van der Waals surface area contributed by atoms with Crippen molar-refractivity contribution in [3.8, 4) is 0 Å². The molecule has 1 N–H and O–H groups in total. The maximum Gasteiger partial charge on any atom is 0.0596 e. The maximum absolute atomic E-state index is 3.48. The molecule has 0 amide bonds. The minimum Gasteiger partial charge on any atom is -0.388 e. The van der Waals surface area contributed by atoms with Crippen molar-refractivity contribution in [1.82, 2.24) is 4.90 Å². The Morgan fingerprint density at radius 1 is 0.895 bits per heavy atom. The summed E-state index contributed by atoms with van der Waals surface area (Å²) in [7, 11) is 6.16. The second-order valence-corrected chi connectivity index (χ2v) is 5.71. The van der Waals surface area contributed by atoms with Crippen molar-refractivity contribution in [3.05, 3.63) is 64.1 Å². The molecule has 1 atom stereocenters. The molecule has 100 valence electrons. The molecule has 3 heteroatoms. The lowest BCUT2D eigenvalue weighted by Crippen LogP contribution is -2.21. The highest BCUT2D eigenvalue weighted by Crippen LogP contribution is 2.28. The lowest BCUT2D eigenvalue weighted by Gasteiger charge is -2.25. The van der Waals surface area contributed by atoms with E-state index in [2.05, 4.69) is 88.8 Å². The molecular formula is C16H19BrN2. The predicted octanol–water partition coefficient (Wildman–Crippen LogP) is 4.14. The van der Waals surface area contributed by atoms with Gasteiger partial charge in [-0.25, -0.2) is 0 Å². The molecular weight excluding hydrogens is 300 g/mol. The van der Waals surface area contributed by atoms with Gasteiger partial charge in [-0.05, 0) is 49.5 Å². The average molecular weight is 319 g/mol. The Bertz CT molecular complexity index is 517. The normalized spacial score (nSPS) is 12.5. The zero-order chi connectivity index (χ0) is 13.8. The molecule has 2 nitrogen and oxygen atoms in total. The van der Waals surface area contributed by atoms with Crippen LogP contribution in [0.15, 0.2) is 53.0 Å². The van der Waals surface area contributed by atoms with E-state index in [4.69, 9.17) is 0 Å². The fraction of sp³-hybridized carbons (Fsp3) is 0.250. The second kappa shape index (κ2) is 6.22. The van der Waals surface area contributed by atoms with E-state index >= 15 is 0 Å². The number of halogens is 1. The van der Waals surface area contributed by atoms with Crippen molar-refractivity contribution in [3.63, 3.8) is 0 Å². The second-order valence-electron chi connectivity index (χ2n) is 4.79. The first-order valence-corrected chi connectivity index (χ1v) is 7.10. The SMILES string of the molecule is CNc1ccc(C(c2ccc(Br)cc2)N(C)C)cc1. The fourth-order valence-corrected chi connectivity index (χ4v) is 2.53. The summed E-state index contributed by atoms with van der Waals surface area (Å²) in [5.74, 6) is 0. The molecule has 0 aliphatic heterocycles. The molecule has 19 heavy (non-hydrogen) atoms. The van der Waals surface area contributed by atoms with Gasteiger partial charge in [0.1, 0.15) is 0 Å². The summed E-state index contributed by atoms with van der Waals surface area (Å²) >= 11 is 3.48. The Kier molecular flexibility index (Phi) is 4.61. The van der Waals surface area contributed by atoms with Crippen LogP contribution in [-0.4, -0.2) is 26.0 Å². The quantitative estimate of drug-likeness (QED) is 0.911. The molecule has 2 rings (SSSR count). The minimum atomic E-state index is 0.277. The van der Waals surface area contributed by atoms with Gasteiger partial charge in [0.15, 0.2) is 0 Å². The van der Waals surface area contributed by atoms with Gasteiger partial charge in [-0.3, -0.25) is 4.90 Å².